The molecule has 0 fully saturated rings. The minimum absolute atomic E-state index is 0.224. The van der Waals surface area contributed by atoms with E-state index in [0.717, 1.165) is 17.7 Å². The monoisotopic (exact) mass is 251 g/mol. The van der Waals surface area contributed by atoms with Gasteiger partial charge in [0.15, 0.2) is 0 Å². The quantitative estimate of drug-likeness (QED) is 0.912. The summed E-state index contributed by atoms with van der Waals surface area (Å²) in [5, 5.41) is 11.5. The summed E-state index contributed by atoms with van der Waals surface area (Å²) in [5.74, 6) is -0.224. The molecule has 0 saturated carbocycles. The van der Waals surface area contributed by atoms with Gasteiger partial charge >= 0.3 is 0 Å². The van der Waals surface area contributed by atoms with Crippen LogP contribution in [0.4, 0.5) is 5.69 Å². The van der Waals surface area contributed by atoms with E-state index in [9.17, 15) is 4.79 Å². The van der Waals surface area contributed by atoms with Crippen LogP contribution in [0.5, 0.6) is 0 Å². The highest BCUT2D eigenvalue weighted by Gasteiger charge is 2.08. The molecule has 0 atom stereocenters. The number of benzene rings is 1. The van der Waals surface area contributed by atoms with Gasteiger partial charge in [-0.25, -0.2) is 4.98 Å². The van der Waals surface area contributed by atoms with Crippen molar-refractivity contribution in [2.24, 2.45) is 0 Å². The van der Waals surface area contributed by atoms with Crippen LogP contribution in [0.2, 0.25) is 0 Å². The molecule has 1 N–H and O–H groups in total. The zero-order chi connectivity index (χ0) is 13.7. The average Bonchev–Trinajstić information content (AvgIpc) is 2.48. The van der Waals surface area contributed by atoms with E-state index in [1.165, 1.54) is 12.3 Å². The lowest BCUT2D eigenvalue weighted by molar-refractivity contribution is 0.102. The summed E-state index contributed by atoms with van der Waals surface area (Å²) < 4.78 is 0. The van der Waals surface area contributed by atoms with Crippen molar-refractivity contribution in [3.05, 3.63) is 59.4 Å². The van der Waals surface area contributed by atoms with Crippen molar-refractivity contribution in [2.75, 3.05) is 5.32 Å². The molecule has 1 amide bonds. The van der Waals surface area contributed by atoms with Crippen LogP contribution in [0.25, 0.3) is 0 Å². The number of nitrogens with one attached hydrogen (secondary N) is 1. The number of carbonyl (C=O) groups is 1. The second kappa shape index (κ2) is 5.78. The van der Waals surface area contributed by atoms with Crippen LogP contribution in [0.15, 0.2) is 42.6 Å². The van der Waals surface area contributed by atoms with Crippen LogP contribution >= 0.6 is 0 Å². The number of aryl methyl sites for hydroxylation is 1. The normalized spacial score (nSPS) is 9.68. The molecule has 1 heterocycles. The standard InChI is InChI=1S/C15H13N3O/c1-2-11-5-3-4-6-14(11)18-15(19)12-7-8-13(9-16)17-10-12/h3-8,10H,2H2,1H3,(H,18,19). The summed E-state index contributed by atoms with van der Waals surface area (Å²) in [4.78, 5) is 15.9. The number of rotatable bonds is 3. The molecule has 0 unspecified atom stereocenters. The molecular weight excluding hydrogens is 238 g/mol. The van der Waals surface area contributed by atoms with Crippen molar-refractivity contribution < 1.29 is 4.79 Å². The van der Waals surface area contributed by atoms with Gasteiger partial charge < -0.3 is 5.32 Å². The van der Waals surface area contributed by atoms with Gasteiger partial charge in [-0.1, -0.05) is 25.1 Å². The molecular formula is C15H13N3O. The molecule has 2 aromatic rings. The van der Waals surface area contributed by atoms with Gasteiger partial charge in [-0.05, 0) is 30.2 Å². The van der Waals surface area contributed by atoms with Crippen molar-refractivity contribution >= 4 is 11.6 Å². The Morgan fingerprint density at radius 1 is 1.32 bits per heavy atom. The van der Waals surface area contributed by atoms with Gasteiger partial charge in [0.25, 0.3) is 5.91 Å². The Labute approximate surface area is 111 Å². The summed E-state index contributed by atoms with van der Waals surface area (Å²) >= 11 is 0. The van der Waals surface area contributed by atoms with Crippen LogP contribution in [0.3, 0.4) is 0 Å². The largest absolute Gasteiger partial charge is 0.322 e. The van der Waals surface area contributed by atoms with Crippen molar-refractivity contribution in [2.45, 2.75) is 13.3 Å². The average molecular weight is 251 g/mol. The van der Waals surface area contributed by atoms with Crippen molar-refractivity contribution in [1.29, 1.82) is 5.26 Å². The van der Waals surface area contributed by atoms with E-state index in [1.54, 1.807) is 6.07 Å². The maximum Gasteiger partial charge on any atom is 0.257 e. The minimum Gasteiger partial charge on any atom is -0.322 e. The number of hydrogen-bond donors (Lipinski definition) is 1. The molecule has 0 radical (unpaired) electrons. The number of para-hydroxylation sites is 1. The van der Waals surface area contributed by atoms with E-state index in [4.69, 9.17) is 5.26 Å². The highest BCUT2D eigenvalue weighted by molar-refractivity contribution is 6.04. The van der Waals surface area contributed by atoms with Crippen LogP contribution in [0.1, 0.15) is 28.5 Å². The lowest BCUT2D eigenvalue weighted by Gasteiger charge is -2.09. The van der Waals surface area contributed by atoms with Gasteiger partial charge in [-0.15, -0.1) is 0 Å². The first-order valence-corrected chi connectivity index (χ1v) is 6.00. The number of hydrogen-bond acceptors (Lipinski definition) is 3. The highest BCUT2D eigenvalue weighted by Crippen LogP contribution is 2.16. The molecule has 0 aliphatic carbocycles. The third-order valence-corrected chi connectivity index (χ3v) is 2.79. The van der Waals surface area contributed by atoms with Gasteiger partial charge in [0.1, 0.15) is 11.8 Å². The first-order valence-electron chi connectivity index (χ1n) is 6.00. The van der Waals surface area contributed by atoms with Crippen LogP contribution in [0, 0.1) is 11.3 Å². The number of aromatic nitrogens is 1. The molecule has 0 aliphatic heterocycles. The molecule has 19 heavy (non-hydrogen) atoms. The van der Waals surface area contributed by atoms with Crippen LogP contribution in [-0.4, -0.2) is 10.9 Å². The third kappa shape index (κ3) is 2.96. The Morgan fingerprint density at radius 2 is 2.11 bits per heavy atom. The zero-order valence-corrected chi connectivity index (χ0v) is 10.6. The Hall–Kier alpha value is -2.67. The molecule has 94 valence electrons. The summed E-state index contributed by atoms with van der Waals surface area (Å²) in [6, 6.07) is 12.7. The Morgan fingerprint density at radius 3 is 2.74 bits per heavy atom. The SMILES string of the molecule is CCc1ccccc1NC(=O)c1ccc(C#N)nc1. The molecule has 1 aromatic carbocycles. The van der Waals surface area contributed by atoms with E-state index < -0.39 is 0 Å². The van der Waals surface area contributed by atoms with E-state index in [0.29, 0.717) is 11.3 Å². The number of pyridine rings is 1. The second-order valence-electron chi connectivity index (χ2n) is 4.01. The van der Waals surface area contributed by atoms with Gasteiger partial charge in [0.05, 0.1) is 5.56 Å². The molecule has 0 aliphatic rings. The summed E-state index contributed by atoms with van der Waals surface area (Å²) in [5.41, 5.74) is 2.62. The highest BCUT2D eigenvalue weighted by atomic mass is 16.1. The van der Waals surface area contributed by atoms with E-state index in [-0.39, 0.29) is 5.91 Å². The van der Waals surface area contributed by atoms with Gasteiger partial charge in [-0.2, -0.15) is 5.26 Å². The van der Waals surface area contributed by atoms with Gasteiger partial charge in [0, 0.05) is 11.9 Å². The lowest BCUT2D eigenvalue weighted by atomic mass is 10.1. The summed E-state index contributed by atoms with van der Waals surface area (Å²) in [6.45, 7) is 2.04. The van der Waals surface area contributed by atoms with Gasteiger partial charge in [0.2, 0.25) is 0 Å². The molecule has 0 spiro atoms. The third-order valence-electron chi connectivity index (χ3n) is 2.79. The molecule has 4 nitrogen and oxygen atoms in total. The summed E-state index contributed by atoms with van der Waals surface area (Å²) in [6.07, 6.45) is 2.25. The number of nitriles is 1. The smallest absolute Gasteiger partial charge is 0.257 e. The van der Waals surface area contributed by atoms with Crippen molar-refractivity contribution in [3.63, 3.8) is 0 Å². The second-order valence-corrected chi connectivity index (χ2v) is 4.01. The molecule has 0 bridgehead atoms. The van der Waals surface area contributed by atoms with E-state index >= 15 is 0 Å². The fraction of sp³-hybridized carbons (Fsp3) is 0.133. The Balaban J connectivity index is 2.18. The Bertz CT molecular complexity index is 627. The number of carbonyl (C=O) groups excluding carboxylic acids is 1. The minimum atomic E-state index is -0.224. The number of anilines is 1. The molecule has 2 rings (SSSR count). The first-order chi connectivity index (χ1) is 9.24. The van der Waals surface area contributed by atoms with Crippen LogP contribution in [-0.2, 0) is 6.42 Å². The molecule has 0 saturated heterocycles. The van der Waals surface area contributed by atoms with Crippen LogP contribution < -0.4 is 5.32 Å². The van der Waals surface area contributed by atoms with E-state index in [2.05, 4.69) is 10.3 Å². The Kier molecular flexibility index (Phi) is 3.89. The van der Waals surface area contributed by atoms with E-state index in [1.807, 2.05) is 37.3 Å². The first kappa shape index (κ1) is 12.8. The lowest BCUT2D eigenvalue weighted by Crippen LogP contribution is -2.13. The van der Waals surface area contributed by atoms with Crippen molar-refractivity contribution in [1.82, 2.24) is 4.98 Å². The molecule has 1 aromatic heterocycles. The fourth-order valence-electron chi connectivity index (χ4n) is 1.74. The predicted octanol–water partition coefficient (Wildman–Crippen LogP) is 2.77. The number of nitrogens with zero attached hydrogens (tertiary/aromatic N) is 2. The predicted molar refractivity (Wildman–Crippen MR) is 72.7 cm³/mol. The topological polar surface area (TPSA) is 65.8 Å². The fourth-order valence-corrected chi connectivity index (χ4v) is 1.74. The summed E-state index contributed by atoms with van der Waals surface area (Å²) in [7, 11) is 0. The maximum absolute atomic E-state index is 12.0. The molecule has 4 heteroatoms. The maximum atomic E-state index is 12.0. The van der Waals surface area contributed by atoms with Crippen molar-refractivity contribution in [3.8, 4) is 6.07 Å². The van der Waals surface area contributed by atoms with Gasteiger partial charge in [-0.3, -0.25) is 4.79 Å². The zero-order valence-electron chi connectivity index (χ0n) is 10.6. The number of amides is 1.